The molecule has 2 heterocycles. The van der Waals surface area contributed by atoms with Gasteiger partial charge in [0.25, 0.3) is 0 Å². The molecule has 64 heavy (non-hydrogen) atoms. The van der Waals surface area contributed by atoms with Gasteiger partial charge in [-0.1, -0.05) is 149 Å². The van der Waals surface area contributed by atoms with Crippen LogP contribution in [-0.4, -0.2) is 6.04 Å². The molecule has 0 amide bonds. The summed E-state index contributed by atoms with van der Waals surface area (Å²) in [5.41, 5.74) is 10.6. The van der Waals surface area contributed by atoms with Crippen molar-refractivity contribution >= 4 is 105 Å². The summed E-state index contributed by atoms with van der Waals surface area (Å²) >= 11 is 0. The first kappa shape index (κ1) is 38.6. The number of furan rings is 2. The Labute approximate surface area is 374 Å². The lowest BCUT2D eigenvalue weighted by Crippen LogP contribution is -2.36. The van der Waals surface area contributed by atoms with Crippen LogP contribution in [0.3, 0.4) is 0 Å². The van der Waals surface area contributed by atoms with Gasteiger partial charge < -0.3 is 18.6 Å². The molecule has 11 aromatic rings. The van der Waals surface area contributed by atoms with E-state index < -0.39 is 0 Å². The molecule has 2 aromatic heterocycles. The van der Waals surface area contributed by atoms with E-state index >= 15 is 0 Å². The Morgan fingerprint density at radius 3 is 1.44 bits per heavy atom. The Morgan fingerprint density at radius 1 is 0.406 bits per heavy atom. The first-order valence-corrected chi connectivity index (χ1v) is 23.3. The molecule has 1 saturated carbocycles. The summed E-state index contributed by atoms with van der Waals surface area (Å²) < 4.78 is 13.6. The zero-order valence-corrected chi connectivity index (χ0v) is 37.0. The van der Waals surface area contributed by atoms with E-state index in [0.717, 1.165) is 85.4 Å². The quantitative estimate of drug-likeness (QED) is 0.143. The highest BCUT2D eigenvalue weighted by molar-refractivity contribution is 6.25. The Balaban J connectivity index is 1.13. The van der Waals surface area contributed by atoms with Crippen molar-refractivity contribution in [1.82, 2.24) is 0 Å². The number of nitrogens with zero attached hydrogens (tertiary/aromatic N) is 2. The van der Waals surface area contributed by atoms with Crippen LogP contribution < -0.4 is 9.80 Å². The smallest absolute Gasteiger partial charge is 0.159 e. The van der Waals surface area contributed by atoms with Crippen LogP contribution in [-0.2, 0) is 0 Å². The summed E-state index contributed by atoms with van der Waals surface area (Å²) in [4.78, 5) is 5.11. The number of hydrogen-bond acceptors (Lipinski definition) is 4. The number of anilines is 5. The second-order valence-corrected chi connectivity index (χ2v) is 18.7. The summed E-state index contributed by atoms with van der Waals surface area (Å²) in [7, 11) is 0. The van der Waals surface area contributed by atoms with Crippen LogP contribution >= 0.6 is 0 Å². The van der Waals surface area contributed by atoms with Crippen molar-refractivity contribution < 1.29 is 8.83 Å². The van der Waals surface area contributed by atoms with E-state index in [1.807, 2.05) is 0 Å². The van der Waals surface area contributed by atoms with E-state index in [1.165, 1.54) is 56.4 Å². The SMILES string of the molecule is CC(C)c1ccc(N(c2cc3c4ccccc4c(N(c4cccc5c4oc4ccccc45)C4CCC(C(C)C)CC4)cc3c3ccccc23)c2cccc3c2oc2ccccc23)cc1. The zero-order valence-electron chi connectivity index (χ0n) is 37.0. The summed E-state index contributed by atoms with van der Waals surface area (Å²) in [6, 6.07) is 62.6. The van der Waals surface area contributed by atoms with Gasteiger partial charge in [0.1, 0.15) is 11.2 Å². The molecule has 0 spiro atoms. The molecule has 314 valence electrons. The van der Waals surface area contributed by atoms with Gasteiger partial charge in [0.15, 0.2) is 11.2 Å². The molecule has 4 nitrogen and oxygen atoms in total. The summed E-state index contributed by atoms with van der Waals surface area (Å²) in [5, 5.41) is 11.9. The molecule has 1 aliphatic rings. The maximum atomic E-state index is 6.85. The van der Waals surface area contributed by atoms with E-state index in [0.29, 0.717) is 17.9 Å². The summed E-state index contributed by atoms with van der Waals surface area (Å²) in [5.74, 6) is 1.85. The Morgan fingerprint density at radius 2 is 0.875 bits per heavy atom. The molecule has 0 N–H and O–H groups in total. The Kier molecular flexibility index (Phi) is 9.26. The van der Waals surface area contributed by atoms with Crippen LogP contribution in [0.25, 0.3) is 76.2 Å². The maximum Gasteiger partial charge on any atom is 0.159 e. The van der Waals surface area contributed by atoms with Crippen LogP contribution in [0.4, 0.5) is 28.4 Å². The van der Waals surface area contributed by atoms with Gasteiger partial charge in [-0.05, 0) is 119 Å². The molecule has 0 saturated heterocycles. The predicted molar refractivity (Wildman–Crippen MR) is 271 cm³/mol. The first-order chi connectivity index (χ1) is 31.4. The molecule has 0 radical (unpaired) electrons. The van der Waals surface area contributed by atoms with Gasteiger partial charge in [-0.2, -0.15) is 0 Å². The first-order valence-electron chi connectivity index (χ1n) is 23.3. The van der Waals surface area contributed by atoms with Crippen molar-refractivity contribution in [3.8, 4) is 0 Å². The second kappa shape index (κ2) is 15.3. The lowest BCUT2D eigenvalue weighted by Gasteiger charge is -2.40. The molecule has 12 rings (SSSR count). The third-order valence-corrected chi connectivity index (χ3v) is 14.5. The molecule has 1 aliphatic carbocycles. The van der Waals surface area contributed by atoms with Crippen molar-refractivity contribution in [3.63, 3.8) is 0 Å². The number of benzene rings is 9. The number of rotatable bonds is 8. The van der Waals surface area contributed by atoms with Crippen LogP contribution in [0.5, 0.6) is 0 Å². The van der Waals surface area contributed by atoms with E-state index in [-0.39, 0.29) is 0 Å². The number of para-hydroxylation sites is 4. The third kappa shape index (κ3) is 6.18. The minimum atomic E-state index is 0.314. The van der Waals surface area contributed by atoms with Gasteiger partial charge in [0.05, 0.1) is 22.7 Å². The van der Waals surface area contributed by atoms with Crippen molar-refractivity contribution in [2.75, 3.05) is 9.80 Å². The van der Waals surface area contributed by atoms with Gasteiger partial charge >= 0.3 is 0 Å². The molecule has 1 fully saturated rings. The van der Waals surface area contributed by atoms with Gasteiger partial charge in [-0.15, -0.1) is 0 Å². The van der Waals surface area contributed by atoms with Crippen LogP contribution in [0.2, 0.25) is 0 Å². The molecule has 0 unspecified atom stereocenters. The van der Waals surface area contributed by atoms with Crippen molar-refractivity contribution in [2.24, 2.45) is 11.8 Å². The average molecular weight is 833 g/mol. The third-order valence-electron chi connectivity index (χ3n) is 14.5. The molecule has 9 aromatic carbocycles. The highest BCUT2D eigenvalue weighted by atomic mass is 16.3. The largest absolute Gasteiger partial charge is 0.454 e. The van der Waals surface area contributed by atoms with E-state index in [4.69, 9.17) is 8.83 Å². The van der Waals surface area contributed by atoms with Crippen LogP contribution in [0, 0.1) is 11.8 Å². The van der Waals surface area contributed by atoms with Gasteiger partial charge in [0, 0.05) is 44.0 Å². The minimum absolute atomic E-state index is 0.314. The lowest BCUT2D eigenvalue weighted by atomic mass is 9.79. The average Bonchev–Trinajstić information content (AvgIpc) is 3.92. The van der Waals surface area contributed by atoms with Crippen molar-refractivity contribution in [1.29, 1.82) is 0 Å². The number of fused-ring (bicyclic) bond motifs is 11. The standard InChI is InChI=1S/C60H52N2O2/c1-37(2)39-27-31-41(32-28-39)61(53-23-13-21-49-47-19-9-11-25-57(47)63-59(49)53)55-35-51-44-16-6-8-18-46(44)56(36-52(51)43-15-5-7-17-45(43)55)62(42-33-29-40(30-34-42)38(3)4)54-24-14-22-50-48-20-10-12-26-58(48)64-60(50)54/h5-28,31-32,35-38,40,42H,29-30,33-34H2,1-4H3. The lowest BCUT2D eigenvalue weighted by molar-refractivity contribution is 0.259. The molecule has 4 heteroatoms. The normalized spacial score (nSPS) is 15.8. The highest BCUT2D eigenvalue weighted by Gasteiger charge is 2.32. The van der Waals surface area contributed by atoms with Gasteiger partial charge in [-0.3, -0.25) is 0 Å². The molecular formula is C60H52N2O2. The van der Waals surface area contributed by atoms with Crippen molar-refractivity contribution in [2.45, 2.75) is 65.3 Å². The molecule has 0 atom stereocenters. The molecule has 0 aliphatic heterocycles. The Hall–Kier alpha value is -7.04. The Bertz CT molecular complexity index is 3550. The maximum absolute atomic E-state index is 6.85. The van der Waals surface area contributed by atoms with E-state index in [2.05, 4.69) is 207 Å². The fourth-order valence-corrected chi connectivity index (χ4v) is 11.1. The van der Waals surface area contributed by atoms with E-state index in [1.54, 1.807) is 0 Å². The van der Waals surface area contributed by atoms with Gasteiger partial charge in [0.2, 0.25) is 0 Å². The van der Waals surface area contributed by atoms with Crippen LogP contribution in [0.1, 0.15) is 64.9 Å². The zero-order chi connectivity index (χ0) is 43.1. The minimum Gasteiger partial charge on any atom is -0.454 e. The van der Waals surface area contributed by atoms with Gasteiger partial charge in [-0.25, -0.2) is 0 Å². The van der Waals surface area contributed by atoms with E-state index in [9.17, 15) is 0 Å². The monoisotopic (exact) mass is 832 g/mol. The molecular weight excluding hydrogens is 781 g/mol. The fraction of sp³-hybridized carbons (Fsp3) is 0.200. The summed E-state index contributed by atoms with van der Waals surface area (Å²) in [6.07, 6.45) is 4.70. The topological polar surface area (TPSA) is 32.8 Å². The molecule has 0 bridgehead atoms. The highest BCUT2D eigenvalue weighted by Crippen LogP contribution is 2.50. The summed E-state index contributed by atoms with van der Waals surface area (Å²) in [6.45, 7) is 9.31. The van der Waals surface area contributed by atoms with Crippen molar-refractivity contribution in [3.05, 3.63) is 175 Å². The second-order valence-electron chi connectivity index (χ2n) is 18.7. The predicted octanol–water partition coefficient (Wildman–Crippen LogP) is 17.9. The number of hydrogen-bond donors (Lipinski definition) is 0. The fourth-order valence-electron chi connectivity index (χ4n) is 11.1. The van der Waals surface area contributed by atoms with Crippen LogP contribution in [0.15, 0.2) is 179 Å².